The van der Waals surface area contributed by atoms with Crippen LogP contribution in [0.5, 0.6) is 0 Å². The lowest BCUT2D eigenvalue weighted by Crippen LogP contribution is -2.67. The van der Waals surface area contributed by atoms with Crippen LogP contribution in [-0.2, 0) is 33.3 Å². The molecule has 1 saturated heterocycles. The molecule has 3 aliphatic rings. The highest BCUT2D eigenvalue weighted by molar-refractivity contribution is 5.79. The van der Waals surface area contributed by atoms with Crippen molar-refractivity contribution < 1.29 is 64.0 Å². The lowest BCUT2D eigenvalue weighted by Gasteiger charge is -2.48. The van der Waals surface area contributed by atoms with Gasteiger partial charge in [-0.3, -0.25) is 9.59 Å². The zero-order valence-corrected chi connectivity index (χ0v) is 35.3. The number of ether oxygens (including phenoxy) is 4. The minimum absolute atomic E-state index is 0.0515. The molecule has 19 heteroatoms. The van der Waals surface area contributed by atoms with Gasteiger partial charge in [0, 0.05) is 31.5 Å². The van der Waals surface area contributed by atoms with Gasteiger partial charge in [0.2, 0.25) is 11.8 Å². The molecule has 5 rings (SSSR count). The molecule has 2 saturated carbocycles. The summed E-state index contributed by atoms with van der Waals surface area (Å²) in [6.07, 6.45) is -5.25. The maximum Gasteiger partial charge on any atom is 0.332 e. The average Bonchev–Trinajstić information content (AvgIpc) is 3.75. The largest absolute Gasteiger partial charge is 0.479 e. The predicted molar refractivity (Wildman–Crippen MR) is 218 cm³/mol. The molecular formula is C42H66N6O13. The first-order valence-electron chi connectivity index (χ1n) is 21.6. The highest BCUT2D eigenvalue weighted by atomic mass is 16.7. The molecule has 14 atom stereocenters. The van der Waals surface area contributed by atoms with Crippen molar-refractivity contribution in [1.29, 1.82) is 0 Å². The molecular weight excluding hydrogens is 796 g/mol. The normalized spacial score (nSPS) is 29.8. The Morgan fingerprint density at radius 2 is 1.75 bits per heavy atom. The fraction of sp³-hybridized carbons (Fsp3) is 0.738. The smallest absolute Gasteiger partial charge is 0.332 e. The van der Waals surface area contributed by atoms with E-state index in [9.17, 15) is 45.0 Å². The molecule has 2 aromatic rings. The summed E-state index contributed by atoms with van der Waals surface area (Å²) in [6, 6.07) is 7.36. The van der Waals surface area contributed by atoms with Gasteiger partial charge in [-0.05, 0) is 44.4 Å². The molecule has 61 heavy (non-hydrogen) atoms. The average molecular weight is 863 g/mol. The second-order valence-corrected chi connectivity index (χ2v) is 16.9. The summed E-state index contributed by atoms with van der Waals surface area (Å²) in [5.41, 5.74) is 7.09. The van der Waals surface area contributed by atoms with Crippen LogP contribution in [0.3, 0.4) is 0 Å². The number of carboxylic acids is 1. The van der Waals surface area contributed by atoms with Crippen LogP contribution < -0.4 is 16.4 Å². The fourth-order valence-corrected chi connectivity index (χ4v) is 9.00. The van der Waals surface area contributed by atoms with Crippen molar-refractivity contribution in [2.75, 3.05) is 26.3 Å². The number of benzene rings is 1. The highest BCUT2D eigenvalue weighted by Crippen LogP contribution is 2.40. The number of nitrogens with two attached hydrogens (primary N) is 1. The Bertz CT molecular complexity index is 1670. The van der Waals surface area contributed by atoms with E-state index in [0.717, 1.165) is 37.7 Å². The van der Waals surface area contributed by atoms with Gasteiger partial charge in [0.25, 0.3) is 0 Å². The Morgan fingerprint density at radius 3 is 2.39 bits per heavy atom. The number of aliphatic hydroxyl groups excluding tert-OH is 5. The van der Waals surface area contributed by atoms with E-state index in [1.807, 2.05) is 30.3 Å². The molecule has 19 nitrogen and oxygen atoms in total. The summed E-state index contributed by atoms with van der Waals surface area (Å²) < 4.78 is 27.6. The van der Waals surface area contributed by atoms with E-state index in [1.54, 1.807) is 24.7 Å². The van der Waals surface area contributed by atoms with E-state index < -0.39 is 110 Å². The summed E-state index contributed by atoms with van der Waals surface area (Å²) in [5.74, 6) is -3.25. The second kappa shape index (κ2) is 23.2. The number of amides is 2. The van der Waals surface area contributed by atoms with E-state index in [0.29, 0.717) is 5.69 Å². The Balaban J connectivity index is 1.53. The zero-order chi connectivity index (χ0) is 44.2. The molecule has 3 fully saturated rings. The van der Waals surface area contributed by atoms with Gasteiger partial charge in [0.1, 0.15) is 42.3 Å². The molecule has 1 aromatic carbocycles. The van der Waals surface area contributed by atoms with Crippen LogP contribution in [0.1, 0.15) is 84.6 Å². The first-order chi connectivity index (χ1) is 29.2. The lowest BCUT2D eigenvalue weighted by molar-refractivity contribution is -0.307. The Labute approximate surface area is 356 Å². The Morgan fingerprint density at radius 1 is 1.03 bits per heavy atom. The summed E-state index contributed by atoms with van der Waals surface area (Å²) in [6.45, 7) is 3.80. The standard InChI is InChI=1S/C42H66N6O13/c1-23(36(53)31(52)21-49)16-24(2)58-38-30(48-20-29(46-47-48)27-12-8-5-9-13-27)18-28(40(55)44-15-14-43)19-32(38)60-42-35(45-25(3)51)39(37(54)34(22-50)61-42)59-33(41(56)57)17-26-10-6-4-7-11-26/h5,8-9,12-13,20,23-24,26,28,30-39,42,49-50,52-54H,4,6-7,10-11,14-19,21-22,43H2,1-3H3,(H,44,55)(H,45,51)(H,56,57)/t23?,24-,28?,30?,31+,32?,33-,34-,35?,36?,37?,38?,39?,42+/m0/s1. The molecule has 1 aromatic heterocycles. The number of aliphatic carboxylic acids is 1. The summed E-state index contributed by atoms with van der Waals surface area (Å²) in [5, 5.41) is 77.2. The summed E-state index contributed by atoms with van der Waals surface area (Å²) >= 11 is 0. The monoisotopic (exact) mass is 862 g/mol. The third kappa shape index (κ3) is 13.0. The van der Waals surface area contributed by atoms with Crippen molar-refractivity contribution in [2.24, 2.45) is 23.5 Å². The van der Waals surface area contributed by atoms with E-state index in [4.69, 9.17) is 24.7 Å². The van der Waals surface area contributed by atoms with Gasteiger partial charge in [-0.1, -0.05) is 74.6 Å². The van der Waals surface area contributed by atoms with Crippen molar-refractivity contribution in [2.45, 2.75) is 152 Å². The number of aromatic nitrogens is 3. The SMILES string of the molecule is CC(=O)NC1C(O[C@@H](CC2CCCCC2)C(=O)O)C(O)[C@H](CO)O[C@H]1OC1CC(C(=O)NCCN)CC(n2cc(-c3ccccc3)nn2)C1O[C@@H](C)CC(C)C(O)[C@H](O)CO. The van der Waals surface area contributed by atoms with Crippen LogP contribution in [0.15, 0.2) is 36.5 Å². The van der Waals surface area contributed by atoms with Gasteiger partial charge in [-0.15, -0.1) is 5.10 Å². The van der Waals surface area contributed by atoms with Crippen LogP contribution >= 0.6 is 0 Å². The predicted octanol–water partition coefficient (Wildman–Crippen LogP) is 0.262. The zero-order valence-electron chi connectivity index (χ0n) is 35.3. The number of nitrogens with zero attached hydrogens (tertiary/aromatic N) is 3. The molecule has 2 amide bonds. The first-order valence-corrected chi connectivity index (χ1v) is 21.6. The van der Waals surface area contributed by atoms with E-state index >= 15 is 0 Å². The van der Waals surface area contributed by atoms with Gasteiger partial charge in [0.15, 0.2) is 12.4 Å². The van der Waals surface area contributed by atoms with Crippen LogP contribution in [0.4, 0.5) is 0 Å². The molecule has 0 radical (unpaired) electrons. The maximum absolute atomic E-state index is 13.8. The second-order valence-electron chi connectivity index (χ2n) is 16.9. The summed E-state index contributed by atoms with van der Waals surface area (Å²) in [7, 11) is 0. The van der Waals surface area contributed by atoms with Crippen LogP contribution in [0.25, 0.3) is 11.3 Å². The molecule has 2 heterocycles. The van der Waals surface area contributed by atoms with Gasteiger partial charge in [-0.25, -0.2) is 9.48 Å². The van der Waals surface area contributed by atoms with Crippen LogP contribution in [-0.4, -0.2) is 157 Å². The number of nitrogens with one attached hydrogen (secondary N) is 2. The third-order valence-electron chi connectivity index (χ3n) is 12.2. The van der Waals surface area contributed by atoms with Crippen LogP contribution in [0.2, 0.25) is 0 Å². The number of carbonyl (C=O) groups is 3. The van der Waals surface area contributed by atoms with Crippen molar-refractivity contribution >= 4 is 17.8 Å². The van der Waals surface area contributed by atoms with E-state index in [1.165, 1.54) is 6.92 Å². The van der Waals surface area contributed by atoms with E-state index in [-0.39, 0.29) is 50.6 Å². The van der Waals surface area contributed by atoms with Gasteiger partial charge in [0.05, 0.1) is 43.8 Å². The number of carbonyl (C=O) groups excluding carboxylic acids is 2. The first kappa shape index (κ1) is 48.4. The summed E-state index contributed by atoms with van der Waals surface area (Å²) in [4.78, 5) is 39.3. The van der Waals surface area contributed by atoms with Gasteiger partial charge in [-0.2, -0.15) is 0 Å². The highest BCUT2D eigenvalue weighted by Gasteiger charge is 2.52. The molecule has 0 bridgehead atoms. The molecule has 1 aliphatic heterocycles. The number of carboxylic acid groups (broad SMARTS) is 1. The minimum atomic E-state index is -1.58. The third-order valence-corrected chi connectivity index (χ3v) is 12.2. The topological polar surface area (TPSA) is 290 Å². The van der Waals surface area contributed by atoms with Crippen LogP contribution in [0, 0.1) is 17.8 Å². The van der Waals surface area contributed by atoms with Gasteiger partial charge < -0.3 is 66.0 Å². The minimum Gasteiger partial charge on any atom is -0.479 e. The lowest BCUT2D eigenvalue weighted by atomic mass is 9.80. The number of hydrogen-bond acceptors (Lipinski definition) is 15. The van der Waals surface area contributed by atoms with Crippen molar-refractivity contribution in [3.05, 3.63) is 36.5 Å². The number of rotatable bonds is 21. The quantitative estimate of drug-likeness (QED) is 0.0814. The van der Waals surface area contributed by atoms with Crippen molar-refractivity contribution in [1.82, 2.24) is 25.6 Å². The van der Waals surface area contributed by atoms with Crippen molar-refractivity contribution in [3.63, 3.8) is 0 Å². The Kier molecular flexibility index (Phi) is 18.4. The fourth-order valence-electron chi connectivity index (χ4n) is 9.00. The number of hydrogen-bond donors (Lipinski definition) is 9. The molecule has 342 valence electrons. The molecule has 10 N–H and O–H groups in total. The van der Waals surface area contributed by atoms with E-state index in [2.05, 4.69) is 20.9 Å². The van der Waals surface area contributed by atoms with Gasteiger partial charge >= 0.3 is 5.97 Å². The molecule has 9 unspecified atom stereocenters. The van der Waals surface area contributed by atoms with Crippen molar-refractivity contribution in [3.8, 4) is 11.3 Å². The Hall–Kier alpha value is -3.63. The molecule has 2 aliphatic carbocycles. The molecule has 0 spiro atoms. The number of aliphatic hydroxyl groups is 5. The maximum atomic E-state index is 13.8.